The fraction of sp³-hybridized carbons (Fsp3) is 0.500. The number of nitrogen functional groups attached to an aromatic ring is 1. The van der Waals surface area contributed by atoms with Crippen LogP contribution < -0.4 is 11.1 Å². The Morgan fingerprint density at radius 3 is 2.84 bits per heavy atom. The summed E-state index contributed by atoms with van der Waals surface area (Å²) >= 11 is 0. The molecule has 5 heteroatoms. The van der Waals surface area contributed by atoms with E-state index in [0.29, 0.717) is 23.8 Å². The van der Waals surface area contributed by atoms with Crippen LogP contribution in [0.3, 0.4) is 0 Å². The van der Waals surface area contributed by atoms with Crippen molar-refractivity contribution in [2.24, 2.45) is 0 Å². The Bertz CT molecular complexity index is 449. The summed E-state index contributed by atoms with van der Waals surface area (Å²) in [5, 5.41) is 2.97. The largest absolute Gasteiger partial charge is 0.398 e. The number of carbonyl (C=O) groups is 1. The molecule has 0 aromatic heterocycles. The Labute approximate surface area is 114 Å². The van der Waals surface area contributed by atoms with Gasteiger partial charge in [-0.3, -0.25) is 9.69 Å². The monoisotopic (exact) mass is 262 g/mol. The van der Waals surface area contributed by atoms with E-state index in [0.717, 1.165) is 19.6 Å². The summed E-state index contributed by atoms with van der Waals surface area (Å²) < 4.78 is 0. The molecule has 104 valence electrons. The second-order valence-electron chi connectivity index (χ2n) is 5.19. The van der Waals surface area contributed by atoms with Crippen molar-refractivity contribution < 1.29 is 4.79 Å². The zero-order valence-corrected chi connectivity index (χ0v) is 11.6. The Kier molecular flexibility index (Phi) is 4.39. The molecule has 5 nitrogen and oxygen atoms in total. The van der Waals surface area contributed by atoms with Crippen molar-refractivity contribution in [2.75, 3.05) is 46.0 Å². The van der Waals surface area contributed by atoms with E-state index in [1.165, 1.54) is 0 Å². The molecule has 2 rings (SSSR count). The highest BCUT2D eigenvalue weighted by molar-refractivity contribution is 5.99. The van der Waals surface area contributed by atoms with Gasteiger partial charge in [0.1, 0.15) is 0 Å². The van der Waals surface area contributed by atoms with Crippen LogP contribution >= 0.6 is 0 Å². The molecule has 1 fully saturated rings. The maximum absolute atomic E-state index is 12.1. The Hall–Kier alpha value is -1.59. The van der Waals surface area contributed by atoms with Crippen LogP contribution in [0.15, 0.2) is 24.3 Å². The molecule has 1 aromatic rings. The van der Waals surface area contributed by atoms with Gasteiger partial charge in [0.05, 0.1) is 5.56 Å². The minimum Gasteiger partial charge on any atom is -0.398 e. The van der Waals surface area contributed by atoms with Gasteiger partial charge in [0.25, 0.3) is 5.91 Å². The van der Waals surface area contributed by atoms with Crippen LogP contribution in [0.1, 0.15) is 10.4 Å². The van der Waals surface area contributed by atoms with Gasteiger partial charge in [-0.2, -0.15) is 0 Å². The Balaban J connectivity index is 1.91. The van der Waals surface area contributed by atoms with Crippen molar-refractivity contribution in [2.45, 2.75) is 6.04 Å². The van der Waals surface area contributed by atoms with E-state index in [-0.39, 0.29) is 5.91 Å². The molecule has 1 aliphatic rings. The molecule has 1 aromatic carbocycles. The lowest BCUT2D eigenvalue weighted by Crippen LogP contribution is -2.54. The van der Waals surface area contributed by atoms with Crippen molar-refractivity contribution in [3.8, 4) is 0 Å². The lowest BCUT2D eigenvalue weighted by molar-refractivity contribution is 0.0882. The number of nitrogens with zero attached hydrogens (tertiary/aromatic N) is 2. The van der Waals surface area contributed by atoms with Gasteiger partial charge < -0.3 is 16.0 Å². The molecule has 0 bridgehead atoms. The summed E-state index contributed by atoms with van der Waals surface area (Å²) in [5.41, 5.74) is 6.87. The number of amides is 1. The first-order valence-corrected chi connectivity index (χ1v) is 6.59. The molecule has 0 spiro atoms. The number of rotatable bonds is 3. The SMILES string of the molecule is CN1CCN(C)C(CNC(=O)c2ccccc2N)C1. The van der Waals surface area contributed by atoms with Crippen molar-refractivity contribution in [3.63, 3.8) is 0 Å². The summed E-state index contributed by atoms with van der Waals surface area (Å²) in [7, 11) is 4.21. The summed E-state index contributed by atoms with van der Waals surface area (Å²) in [6, 6.07) is 7.51. The number of anilines is 1. The first-order chi connectivity index (χ1) is 9.08. The van der Waals surface area contributed by atoms with Crippen molar-refractivity contribution in [1.82, 2.24) is 15.1 Å². The summed E-state index contributed by atoms with van der Waals surface area (Å²) in [6.07, 6.45) is 0. The van der Waals surface area contributed by atoms with Crippen LogP contribution in [0.2, 0.25) is 0 Å². The fourth-order valence-corrected chi connectivity index (χ4v) is 2.33. The van der Waals surface area contributed by atoms with Gasteiger partial charge in [0.15, 0.2) is 0 Å². The minimum absolute atomic E-state index is 0.0975. The lowest BCUT2D eigenvalue weighted by Gasteiger charge is -2.37. The van der Waals surface area contributed by atoms with Gasteiger partial charge in [-0.15, -0.1) is 0 Å². The smallest absolute Gasteiger partial charge is 0.253 e. The topological polar surface area (TPSA) is 61.6 Å². The Morgan fingerprint density at radius 2 is 2.11 bits per heavy atom. The molecule has 0 radical (unpaired) electrons. The van der Waals surface area contributed by atoms with Crippen LogP contribution in [0, 0.1) is 0 Å². The quantitative estimate of drug-likeness (QED) is 0.766. The van der Waals surface area contributed by atoms with Crippen LogP contribution in [0.5, 0.6) is 0 Å². The molecule has 1 amide bonds. The van der Waals surface area contributed by atoms with E-state index in [2.05, 4.69) is 29.2 Å². The number of nitrogens with two attached hydrogens (primary N) is 1. The first kappa shape index (κ1) is 13.8. The molecule has 1 heterocycles. The highest BCUT2D eigenvalue weighted by atomic mass is 16.1. The number of benzene rings is 1. The number of piperazine rings is 1. The molecule has 1 unspecified atom stereocenters. The lowest BCUT2D eigenvalue weighted by atomic mass is 10.1. The van der Waals surface area contributed by atoms with Crippen LogP contribution in [-0.2, 0) is 0 Å². The third-order valence-electron chi connectivity index (χ3n) is 3.68. The number of para-hydroxylation sites is 1. The van der Waals surface area contributed by atoms with E-state index in [9.17, 15) is 4.79 Å². The highest BCUT2D eigenvalue weighted by Gasteiger charge is 2.22. The van der Waals surface area contributed by atoms with E-state index >= 15 is 0 Å². The molecule has 1 aliphatic heterocycles. The van der Waals surface area contributed by atoms with Gasteiger partial charge in [-0.25, -0.2) is 0 Å². The van der Waals surface area contributed by atoms with Crippen molar-refractivity contribution >= 4 is 11.6 Å². The normalized spacial score (nSPS) is 21.3. The van der Waals surface area contributed by atoms with Crippen molar-refractivity contribution in [1.29, 1.82) is 0 Å². The highest BCUT2D eigenvalue weighted by Crippen LogP contribution is 2.10. The third kappa shape index (κ3) is 3.45. The summed E-state index contributed by atoms with van der Waals surface area (Å²) in [5.74, 6) is -0.0975. The van der Waals surface area contributed by atoms with Gasteiger partial charge in [0.2, 0.25) is 0 Å². The average molecular weight is 262 g/mol. The molecular weight excluding hydrogens is 240 g/mol. The average Bonchev–Trinajstić information content (AvgIpc) is 2.40. The maximum Gasteiger partial charge on any atom is 0.253 e. The second-order valence-corrected chi connectivity index (χ2v) is 5.19. The zero-order chi connectivity index (χ0) is 13.8. The number of likely N-dealkylation sites (N-methyl/N-ethyl adjacent to an activating group) is 2. The molecule has 19 heavy (non-hydrogen) atoms. The minimum atomic E-state index is -0.0975. The van der Waals surface area contributed by atoms with Gasteiger partial charge in [-0.05, 0) is 26.2 Å². The Morgan fingerprint density at radius 1 is 1.37 bits per heavy atom. The van der Waals surface area contributed by atoms with Crippen molar-refractivity contribution in [3.05, 3.63) is 29.8 Å². The molecule has 3 N–H and O–H groups in total. The van der Waals surface area contributed by atoms with Crippen LogP contribution in [-0.4, -0.2) is 62.0 Å². The molecule has 0 aliphatic carbocycles. The number of hydrogen-bond donors (Lipinski definition) is 2. The van der Waals surface area contributed by atoms with E-state index in [1.807, 2.05) is 12.1 Å². The van der Waals surface area contributed by atoms with E-state index < -0.39 is 0 Å². The first-order valence-electron chi connectivity index (χ1n) is 6.59. The molecule has 1 saturated heterocycles. The number of carbonyl (C=O) groups excluding carboxylic acids is 1. The van der Waals surface area contributed by atoms with Crippen LogP contribution in [0.4, 0.5) is 5.69 Å². The van der Waals surface area contributed by atoms with Gasteiger partial charge in [0, 0.05) is 37.9 Å². The predicted molar refractivity (Wildman–Crippen MR) is 77.1 cm³/mol. The zero-order valence-electron chi connectivity index (χ0n) is 11.6. The molecular formula is C14H22N4O. The second kappa shape index (κ2) is 6.04. The molecule has 1 atom stereocenters. The standard InChI is InChI=1S/C14H22N4O/c1-17-7-8-18(2)11(10-17)9-16-14(19)12-5-3-4-6-13(12)15/h3-6,11H,7-10,15H2,1-2H3,(H,16,19). The predicted octanol–water partition coefficient (Wildman–Crippen LogP) is 0.244. The van der Waals surface area contributed by atoms with Gasteiger partial charge >= 0.3 is 0 Å². The van der Waals surface area contributed by atoms with E-state index in [4.69, 9.17) is 5.73 Å². The fourth-order valence-electron chi connectivity index (χ4n) is 2.33. The van der Waals surface area contributed by atoms with E-state index in [1.54, 1.807) is 12.1 Å². The number of nitrogens with one attached hydrogen (secondary N) is 1. The molecule has 0 saturated carbocycles. The number of hydrogen-bond acceptors (Lipinski definition) is 4. The summed E-state index contributed by atoms with van der Waals surface area (Å²) in [6.45, 7) is 3.73. The maximum atomic E-state index is 12.1. The van der Waals surface area contributed by atoms with Crippen LogP contribution in [0.25, 0.3) is 0 Å². The third-order valence-corrected chi connectivity index (χ3v) is 3.68. The summed E-state index contributed by atoms with van der Waals surface area (Å²) in [4.78, 5) is 16.6. The van der Waals surface area contributed by atoms with Gasteiger partial charge in [-0.1, -0.05) is 12.1 Å².